The average Bonchev–Trinajstić information content (AvgIpc) is 2.85. The molecule has 1 fully saturated rings. The number of nitrogens with one attached hydrogen (secondary N) is 1. The first kappa shape index (κ1) is 17.0. The molecular formula is C20H26N6. The standard InChI is InChI=1S/C20H26N6/c1-25-20-17(6-7-19(23-20)26-12-4-2-3-5-13-26)18(24-25)15-22-14-16-8-10-21-11-9-16/h6-11,22H,2-5,12-15H2,1H3. The van der Waals surface area contributed by atoms with Crippen LogP contribution in [0.15, 0.2) is 36.7 Å². The van der Waals surface area contributed by atoms with E-state index >= 15 is 0 Å². The van der Waals surface area contributed by atoms with Crippen LogP contribution in [0.4, 0.5) is 5.82 Å². The number of hydrogen-bond donors (Lipinski definition) is 1. The molecule has 0 unspecified atom stereocenters. The minimum Gasteiger partial charge on any atom is -0.357 e. The molecule has 0 amide bonds. The molecule has 1 aliphatic rings. The maximum atomic E-state index is 4.92. The molecule has 3 aromatic heterocycles. The van der Waals surface area contributed by atoms with E-state index in [2.05, 4.69) is 32.4 Å². The fourth-order valence-electron chi connectivity index (χ4n) is 3.62. The Morgan fingerprint density at radius 2 is 1.73 bits per heavy atom. The SMILES string of the molecule is Cn1nc(CNCc2ccncc2)c2ccc(N3CCCCCC3)nc21. The predicted octanol–water partition coefficient (Wildman–Crippen LogP) is 3.03. The van der Waals surface area contributed by atoms with Gasteiger partial charge in [0.15, 0.2) is 5.65 Å². The van der Waals surface area contributed by atoms with E-state index in [1.54, 1.807) is 0 Å². The normalized spacial score (nSPS) is 15.3. The highest BCUT2D eigenvalue weighted by Gasteiger charge is 2.15. The van der Waals surface area contributed by atoms with Gasteiger partial charge in [0.1, 0.15) is 5.82 Å². The molecule has 4 rings (SSSR count). The summed E-state index contributed by atoms with van der Waals surface area (Å²) in [5, 5.41) is 9.29. The summed E-state index contributed by atoms with van der Waals surface area (Å²) in [5.41, 5.74) is 3.24. The Kier molecular flexibility index (Phi) is 5.11. The maximum absolute atomic E-state index is 4.92. The summed E-state index contributed by atoms with van der Waals surface area (Å²) in [5.74, 6) is 1.08. The molecule has 0 bridgehead atoms. The summed E-state index contributed by atoms with van der Waals surface area (Å²) < 4.78 is 1.90. The van der Waals surface area contributed by atoms with E-state index in [0.717, 1.165) is 48.7 Å². The van der Waals surface area contributed by atoms with Gasteiger partial charge < -0.3 is 10.2 Å². The largest absolute Gasteiger partial charge is 0.357 e. The third-order valence-corrected chi connectivity index (χ3v) is 5.05. The van der Waals surface area contributed by atoms with Gasteiger partial charge >= 0.3 is 0 Å². The highest BCUT2D eigenvalue weighted by atomic mass is 15.3. The van der Waals surface area contributed by atoms with Crippen LogP contribution in [0.1, 0.15) is 36.9 Å². The molecule has 0 aromatic carbocycles. The lowest BCUT2D eigenvalue weighted by atomic mass is 10.2. The number of aromatic nitrogens is 4. The van der Waals surface area contributed by atoms with E-state index in [0.29, 0.717) is 0 Å². The van der Waals surface area contributed by atoms with Crippen molar-refractivity contribution in [2.75, 3.05) is 18.0 Å². The lowest BCUT2D eigenvalue weighted by Gasteiger charge is -2.21. The monoisotopic (exact) mass is 350 g/mol. The van der Waals surface area contributed by atoms with Crippen LogP contribution in [0.2, 0.25) is 0 Å². The van der Waals surface area contributed by atoms with Gasteiger partial charge in [0.2, 0.25) is 0 Å². The van der Waals surface area contributed by atoms with Crippen LogP contribution in [-0.2, 0) is 20.1 Å². The quantitative estimate of drug-likeness (QED) is 0.766. The Hall–Kier alpha value is -2.47. The number of hydrogen-bond acceptors (Lipinski definition) is 5. The molecule has 1 saturated heterocycles. The minimum atomic E-state index is 0.727. The molecule has 0 aliphatic carbocycles. The zero-order valence-electron chi connectivity index (χ0n) is 15.4. The van der Waals surface area contributed by atoms with Crippen molar-refractivity contribution >= 4 is 16.9 Å². The Morgan fingerprint density at radius 3 is 2.50 bits per heavy atom. The number of aryl methyl sites for hydroxylation is 1. The van der Waals surface area contributed by atoms with Gasteiger partial charge in [0.05, 0.1) is 5.69 Å². The van der Waals surface area contributed by atoms with Crippen molar-refractivity contribution < 1.29 is 0 Å². The van der Waals surface area contributed by atoms with Gasteiger partial charge in [0.25, 0.3) is 0 Å². The smallest absolute Gasteiger partial charge is 0.160 e. The van der Waals surface area contributed by atoms with Crippen LogP contribution in [0.3, 0.4) is 0 Å². The lowest BCUT2D eigenvalue weighted by Crippen LogP contribution is -2.24. The van der Waals surface area contributed by atoms with Crippen molar-refractivity contribution in [3.63, 3.8) is 0 Å². The number of nitrogens with zero attached hydrogens (tertiary/aromatic N) is 5. The van der Waals surface area contributed by atoms with Gasteiger partial charge in [-0.3, -0.25) is 9.67 Å². The number of anilines is 1. The van der Waals surface area contributed by atoms with Crippen molar-refractivity contribution in [1.82, 2.24) is 25.1 Å². The number of pyridine rings is 2. The maximum Gasteiger partial charge on any atom is 0.160 e. The molecule has 1 N–H and O–H groups in total. The molecule has 0 radical (unpaired) electrons. The van der Waals surface area contributed by atoms with Crippen molar-refractivity contribution in [1.29, 1.82) is 0 Å². The zero-order valence-corrected chi connectivity index (χ0v) is 15.4. The second-order valence-electron chi connectivity index (χ2n) is 6.97. The fraction of sp³-hybridized carbons (Fsp3) is 0.450. The molecule has 0 spiro atoms. The second-order valence-corrected chi connectivity index (χ2v) is 6.97. The van der Waals surface area contributed by atoms with Gasteiger partial charge in [-0.15, -0.1) is 0 Å². The molecule has 0 atom stereocenters. The molecule has 6 nitrogen and oxygen atoms in total. The van der Waals surface area contributed by atoms with Gasteiger partial charge in [-0.25, -0.2) is 4.98 Å². The van der Waals surface area contributed by atoms with Crippen molar-refractivity contribution in [2.24, 2.45) is 7.05 Å². The van der Waals surface area contributed by atoms with Crippen molar-refractivity contribution in [3.8, 4) is 0 Å². The first-order chi connectivity index (χ1) is 12.8. The van der Waals surface area contributed by atoms with Crippen molar-refractivity contribution in [3.05, 3.63) is 47.9 Å². The Labute approximate surface area is 154 Å². The highest BCUT2D eigenvalue weighted by Crippen LogP contribution is 2.23. The third-order valence-electron chi connectivity index (χ3n) is 5.05. The van der Waals surface area contributed by atoms with Crippen LogP contribution in [0, 0.1) is 0 Å². The predicted molar refractivity (Wildman–Crippen MR) is 104 cm³/mol. The van der Waals surface area contributed by atoms with E-state index in [1.165, 1.54) is 31.2 Å². The van der Waals surface area contributed by atoms with E-state index in [-0.39, 0.29) is 0 Å². The summed E-state index contributed by atoms with van der Waals surface area (Å²) >= 11 is 0. The molecule has 3 aromatic rings. The van der Waals surface area contributed by atoms with Gasteiger partial charge in [-0.1, -0.05) is 12.8 Å². The molecule has 26 heavy (non-hydrogen) atoms. The summed E-state index contributed by atoms with van der Waals surface area (Å²) in [4.78, 5) is 11.4. The molecule has 6 heteroatoms. The summed E-state index contributed by atoms with van der Waals surface area (Å²) in [6.45, 7) is 3.75. The van der Waals surface area contributed by atoms with Crippen LogP contribution >= 0.6 is 0 Å². The van der Waals surface area contributed by atoms with Gasteiger partial charge in [-0.05, 0) is 42.7 Å². The lowest BCUT2D eigenvalue weighted by molar-refractivity contribution is 0.660. The van der Waals surface area contributed by atoms with E-state index in [1.807, 2.05) is 36.3 Å². The summed E-state index contributed by atoms with van der Waals surface area (Å²) in [7, 11) is 1.98. The third kappa shape index (κ3) is 3.70. The average molecular weight is 350 g/mol. The second kappa shape index (κ2) is 7.83. The molecule has 136 valence electrons. The Bertz CT molecular complexity index is 849. The first-order valence-corrected chi connectivity index (χ1v) is 9.48. The Balaban J connectivity index is 1.50. The molecule has 4 heterocycles. The van der Waals surface area contributed by atoms with Crippen LogP contribution < -0.4 is 10.2 Å². The van der Waals surface area contributed by atoms with Crippen molar-refractivity contribution in [2.45, 2.75) is 38.8 Å². The van der Waals surface area contributed by atoms with E-state index in [9.17, 15) is 0 Å². The minimum absolute atomic E-state index is 0.727. The highest BCUT2D eigenvalue weighted by molar-refractivity contribution is 5.80. The van der Waals surface area contributed by atoms with E-state index < -0.39 is 0 Å². The zero-order chi connectivity index (χ0) is 17.8. The fourth-order valence-corrected chi connectivity index (χ4v) is 3.62. The van der Waals surface area contributed by atoms with Crippen LogP contribution in [0.25, 0.3) is 11.0 Å². The number of fused-ring (bicyclic) bond motifs is 1. The topological polar surface area (TPSA) is 58.9 Å². The molecule has 1 aliphatic heterocycles. The Morgan fingerprint density at radius 1 is 0.962 bits per heavy atom. The van der Waals surface area contributed by atoms with Crippen LogP contribution in [0.5, 0.6) is 0 Å². The summed E-state index contributed by atoms with van der Waals surface area (Å²) in [6.07, 6.45) is 8.82. The summed E-state index contributed by atoms with van der Waals surface area (Å²) in [6, 6.07) is 8.39. The van der Waals surface area contributed by atoms with Gasteiger partial charge in [-0.2, -0.15) is 5.10 Å². The van der Waals surface area contributed by atoms with E-state index in [4.69, 9.17) is 4.98 Å². The van der Waals surface area contributed by atoms with Crippen LogP contribution in [-0.4, -0.2) is 32.8 Å². The first-order valence-electron chi connectivity index (χ1n) is 9.48. The molecular weight excluding hydrogens is 324 g/mol. The van der Waals surface area contributed by atoms with Gasteiger partial charge in [0, 0.05) is 51.0 Å². The molecule has 0 saturated carbocycles. The number of rotatable bonds is 5.